The number of aliphatic hydroxyl groups is 1. The highest BCUT2D eigenvalue weighted by Crippen LogP contribution is 2.67. The molecule has 3 unspecified atom stereocenters. The molecule has 0 heterocycles. The first kappa shape index (κ1) is 19.6. The second kappa shape index (κ2) is 7.57. The average Bonchev–Trinajstić information content (AvgIpc) is 2.23. The van der Waals surface area contributed by atoms with Crippen LogP contribution in [0.2, 0.25) is 0 Å². The molecule has 0 fully saturated rings. The van der Waals surface area contributed by atoms with Gasteiger partial charge in [-0.05, 0) is 23.7 Å². The predicted molar refractivity (Wildman–Crippen MR) is 74.0 cm³/mol. The van der Waals surface area contributed by atoms with Gasteiger partial charge < -0.3 is 29.2 Å². The van der Waals surface area contributed by atoms with E-state index in [1.165, 1.54) is 0 Å². The van der Waals surface area contributed by atoms with Crippen LogP contribution in [-0.2, 0) is 20.0 Å². The lowest BCUT2D eigenvalue weighted by molar-refractivity contribution is -0.206. The summed E-state index contributed by atoms with van der Waals surface area (Å²) >= 11 is 0. The maximum absolute atomic E-state index is 11.1. The summed E-state index contributed by atoms with van der Waals surface area (Å²) in [6, 6.07) is 0. The highest BCUT2D eigenvalue weighted by Gasteiger charge is 2.54. The first-order chi connectivity index (χ1) is 8.45. The fourth-order valence-corrected chi connectivity index (χ4v) is 5.43. The summed E-state index contributed by atoms with van der Waals surface area (Å²) in [7, 11) is -11.2. The predicted octanol–water partition coefficient (Wildman–Crippen LogP) is 0.184. The van der Waals surface area contributed by atoms with Gasteiger partial charge in [-0.2, -0.15) is 0 Å². The number of rotatable bonds is 9. The van der Waals surface area contributed by atoms with Crippen LogP contribution in [-0.4, -0.2) is 42.6 Å². The van der Waals surface area contributed by atoms with E-state index < -0.39 is 26.7 Å². The van der Waals surface area contributed by atoms with Gasteiger partial charge in [0.1, 0.15) is 11.5 Å². The van der Waals surface area contributed by atoms with Crippen molar-refractivity contribution in [2.24, 2.45) is 0 Å². The molecule has 10 heteroatoms. The van der Waals surface area contributed by atoms with Gasteiger partial charge >= 0.3 is 7.60 Å². The van der Waals surface area contributed by atoms with Gasteiger partial charge in [0.2, 0.25) is 5.08 Å². The zero-order valence-corrected chi connectivity index (χ0v) is 13.7. The molecular formula is C9H22O7P2S. The fourth-order valence-electron chi connectivity index (χ4n) is 1.46. The maximum Gasteiger partial charge on any atom is 0.365 e. The number of hydrogen-bond acceptors (Lipinski definition) is 4. The molecule has 116 valence electrons. The highest BCUT2D eigenvalue weighted by molar-refractivity contribution is 7.96. The van der Waals surface area contributed by atoms with Crippen molar-refractivity contribution in [1.29, 1.82) is 0 Å². The van der Waals surface area contributed by atoms with Crippen molar-refractivity contribution in [3.05, 3.63) is 0 Å². The van der Waals surface area contributed by atoms with Gasteiger partial charge in [0.05, 0.1) is 6.26 Å². The SMILES string of the molecule is CCCCC[S+](C)CCC(O)(P(=O)([O-])O)P(=O)(O)O. The van der Waals surface area contributed by atoms with Gasteiger partial charge in [-0.25, -0.2) is 0 Å². The normalized spacial score (nSPS) is 20.6. The summed E-state index contributed by atoms with van der Waals surface area (Å²) in [6.45, 7) is 2.04. The summed E-state index contributed by atoms with van der Waals surface area (Å²) in [5, 5.41) is 6.25. The number of unbranched alkanes of at least 4 members (excludes halogenated alkanes) is 2. The third-order valence-electron chi connectivity index (χ3n) is 2.80. The van der Waals surface area contributed by atoms with E-state index in [-0.39, 0.29) is 16.6 Å². The van der Waals surface area contributed by atoms with Crippen LogP contribution in [0.15, 0.2) is 0 Å². The van der Waals surface area contributed by atoms with Gasteiger partial charge in [-0.3, -0.25) is 4.57 Å². The minimum atomic E-state index is -5.55. The first-order valence-electron chi connectivity index (χ1n) is 5.86. The molecular weight excluding hydrogens is 314 g/mol. The molecule has 0 aromatic carbocycles. The summed E-state index contributed by atoms with van der Waals surface area (Å²) < 4.78 is 22.1. The lowest BCUT2D eigenvalue weighted by Crippen LogP contribution is -2.35. The minimum absolute atomic E-state index is 0.137. The molecule has 7 nitrogen and oxygen atoms in total. The Hall–Kier alpha value is 0.610. The molecule has 3 atom stereocenters. The zero-order valence-electron chi connectivity index (χ0n) is 11.1. The molecule has 0 spiro atoms. The van der Waals surface area contributed by atoms with Gasteiger partial charge in [0.15, 0.2) is 7.60 Å². The molecule has 0 saturated heterocycles. The quantitative estimate of drug-likeness (QED) is 0.268. The smallest absolute Gasteiger partial charge is 0.365 e. The van der Waals surface area contributed by atoms with E-state index in [9.17, 15) is 19.1 Å². The molecule has 0 aromatic heterocycles. The Morgan fingerprint density at radius 1 is 1.16 bits per heavy atom. The van der Waals surface area contributed by atoms with E-state index >= 15 is 0 Å². The van der Waals surface area contributed by atoms with Crippen LogP contribution in [0.3, 0.4) is 0 Å². The molecule has 4 N–H and O–H groups in total. The second-order valence-electron chi connectivity index (χ2n) is 4.49. The van der Waals surface area contributed by atoms with E-state index in [0.29, 0.717) is 0 Å². The van der Waals surface area contributed by atoms with Crippen LogP contribution >= 0.6 is 15.2 Å². The molecule has 0 aromatic rings. The van der Waals surface area contributed by atoms with Crippen molar-refractivity contribution in [1.82, 2.24) is 0 Å². The monoisotopic (exact) mass is 336 g/mol. The van der Waals surface area contributed by atoms with Crippen LogP contribution in [0.25, 0.3) is 0 Å². The standard InChI is InChI=1S/C9H22O7P2S/c1-3-4-5-7-19(2)8-6-9(10,17(11,12)13)18(14,15)16/h10H,3-8H2,1-2H3,(H3-,11,12,13,14,15,16). The average molecular weight is 336 g/mol. The zero-order chi connectivity index (χ0) is 15.3. The van der Waals surface area contributed by atoms with E-state index in [4.69, 9.17) is 14.7 Å². The summed E-state index contributed by atoms with van der Waals surface area (Å²) in [5.74, 6) is 0.942. The molecule has 0 radical (unpaired) electrons. The van der Waals surface area contributed by atoms with E-state index in [2.05, 4.69) is 0 Å². The van der Waals surface area contributed by atoms with Crippen LogP contribution < -0.4 is 4.89 Å². The summed E-state index contributed by atoms with van der Waals surface area (Å²) in [6.07, 6.45) is 4.18. The van der Waals surface area contributed by atoms with Crippen molar-refractivity contribution in [2.75, 3.05) is 17.8 Å². The van der Waals surface area contributed by atoms with Crippen LogP contribution in [0.1, 0.15) is 32.6 Å². The van der Waals surface area contributed by atoms with Crippen molar-refractivity contribution in [2.45, 2.75) is 37.7 Å². The highest BCUT2D eigenvalue weighted by atomic mass is 32.2. The van der Waals surface area contributed by atoms with Crippen molar-refractivity contribution in [3.8, 4) is 0 Å². The topological polar surface area (TPSA) is 138 Å². The van der Waals surface area contributed by atoms with Crippen LogP contribution in [0, 0.1) is 0 Å². The van der Waals surface area contributed by atoms with Crippen molar-refractivity contribution >= 4 is 26.1 Å². The lowest BCUT2D eigenvalue weighted by atomic mass is 10.3. The minimum Gasteiger partial charge on any atom is -0.776 e. The Balaban J connectivity index is 4.63. The van der Waals surface area contributed by atoms with Crippen molar-refractivity contribution < 1.29 is 33.8 Å². The third kappa shape index (κ3) is 5.86. The molecule has 0 rings (SSSR count). The Kier molecular flexibility index (Phi) is 7.81. The van der Waals surface area contributed by atoms with Crippen LogP contribution in [0.4, 0.5) is 0 Å². The summed E-state index contributed by atoms with van der Waals surface area (Å²) in [5.41, 5.74) is 0. The molecule has 0 bridgehead atoms. The molecule has 0 aliphatic rings. The fraction of sp³-hybridized carbons (Fsp3) is 1.00. The lowest BCUT2D eigenvalue weighted by Gasteiger charge is -2.35. The van der Waals surface area contributed by atoms with E-state index in [1.54, 1.807) is 0 Å². The molecule has 0 aliphatic heterocycles. The number of hydrogen-bond donors (Lipinski definition) is 4. The van der Waals surface area contributed by atoms with Gasteiger partial charge in [-0.1, -0.05) is 13.3 Å². The van der Waals surface area contributed by atoms with Gasteiger partial charge in [0.25, 0.3) is 0 Å². The van der Waals surface area contributed by atoms with E-state index in [1.807, 2.05) is 13.2 Å². The second-order valence-corrected chi connectivity index (χ2v) is 10.8. The Bertz CT molecular complexity index is 342. The first-order valence-corrected chi connectivity index (χ1v) is 11.0. The molecule has 0 amide bonds. The Morgan fingerprint density at radius 2 is 1.68 bits per heavy atom. The molecule has 0 aliphatic carbocycles. The third-order valence-corrected chi connectivity index (χ3v) is 8.51. The molecule has 19 heavy (non-hydrogen) atoms. The maximum atomic E-state index is 11.1. The van der Waals surface area contributed by atoms with Gasteiger partial charge in [0, 0.05) is 6.42 Å². The summed E-state index contributed by atoms with van der Waals surface area (Å²) in [4.78, 5) is 37.7. The van der Waals surface area contributed by atoms with Crippen molar-refractivity contribution in [3.63, 3.8) is 0 Å². The van der Waals surface area contributed by atoms with E-state index in [0.717, 1.165) is 25.0 Å². The van der Waals surface area contributed by atoms with Gasteiger partial charge in [-0.15, -0.1) is 0 Å². The Morgan fingerprint density at radius 3 is 2.05 bits per heavy atom. The largest absolute Gasteiger partial charge is 0.776 e. The molecule has 0 saturated carbocycles. The van der Waals surface area contributed by atoms with Crippen LogP contribution in [0.5, 0.6) is 0 Å². The Labute approximate surface area is 116 Å².